The molecule has 0 saturated heterocycles. The molecule has 0 aromatic rings. The van der Waals surface area contributed by atoms with Crippen LogP contribution in [0.2, 0.25) is 0 Å². The molecule has 10 nitrogen and oxygen atoms in total. The second-order valence-electron chi connectivity index (χ2n) is 5.61. The number of carbonyl (C=O) groups is 2. The Morgan fingerprint density at radius 2 is 0.844 bits per heavy atom. The van der Waals surface area contributed by atoms with E-state index in [1.165, 1.54) is 0 Å². The lowest BCUT2D eigenvalue weighted by Gasteiger charge is -2.08. The molecule has 0 aliphatic heterocycles. The lowest BCUT2D eigenvalue weighted by atomic mass is 10.5. The molecular formula is C12H24F6N2O8S4. The van der Waals surface area contributed by atoms with E-state index < -0.39 is 31.3 Å². The number of nitrogens with two attached hydrogens (primary N) is 2. The van der Waals surface area contributed by atoms with Crippen LogP contribution in [0.5, 0.6) is 0 Å². The topological polar surface area (TPSA) is 201 Å². The smallest absolute Gasteiger partial charge is 0.485 e. The summed E-state index contributed by atoms with van der Waals surface area (Å²) in [5.74, 6) is 1.50. The van der Waals surface area contributed by atoms with Crippen LogP contribution in [0.25, 0.3) is 0 Å². The fourth-order valence-corrected chi connectivity index (χ4v) is 1.83. The van der Waals surface area contributed by atoms with Crippen molar-refractivity contribution in [3.63, 3.8) is 0 Å². The maximum absolute atomic E-state index is 10.7. The Bertz CT molecular complexity index is 688. The van der Waals surface area contributed by atoms with Crippen molar-refractivity contribution in [3.8, 4) is 0 Å². The van der Waals surface area contributed by atoms with Crippen molar-refractivity contribution in [2.24, 2.45) is 11.5 Å². The molecule has 196 valence electrons. The number of rotatable bonds is 6. The van der Waals surface area contributed by atoms with E-state index in [1.54, 1.807) is 0 Å². The molecule has 0 aliphatic rings. The van der Waals surface area contributed by atoms with Gasteiger partial charge in [-0.15, -0.1) is 0 Å². The van der Waals surface area contributed by atoms with Gasteiger partial charge in [-0.3, -0.25) is 9.59 Å². The highest BCUT2D eigenvalue weighted by molar-refractivity contribution is 7.95. The molecular weight excluding hydrogens is 542 g/mol. The molecule has 0 saturated carbocycles. The normalized spacial score (nSPS) is 11.9. The maximum Gasteiger partial charge on any atom is 0.485 e. The highest BCUT2D eigenvalue weighted by atomic mass is 32.2. The number of carbonyl (C=O) groups excluding carboxylic acids is 2. The van der Waals surface area contributed by atoms with Gasteiger partial charge in [-0.25, -0.2) is 16.8 Å². The van der Waals surface area contributed by atoms with Crippen LogP contribution in [-0.2, 0) is 51.6 Å². The van der Waals surface area contributed by atoms with Crippen molar-refractivity contribution in [1.82, 2.24) is 0 Å². The quantitative estimate of drug-likeness (QED) is 0.187. The SMILES string of the molecule is C[S+](C)CCC(N)=O.C[S+](C)CCC(N)=O.O=S(=O)([O-])C(F)(F)F.O=S(=O)([O-])C(F)(F)F. The van der Waals surface area contributed by atoms with Gasteiger partial charge in [0.2, 0.25) is 11.8 Å². The van der Waals surface area contributed by atoms with Crippen LogP contribution in [0.15, 0.2) is 0 Å². The number of halogens is 6. The van der Waals surface area contributed by atoms with Crippen LogP contribution in [0.1, 0.15) is 12.8 Å². The molecule has 0 aromatic carbocycles. The van der Waals surface area contributed by atoms with Crippen LogP contribution < -0.4 is 11.5 Å². The van der Waals surface area contributed by atoms with E-state index in [-0.39, 0.29) is 11.8 Å². The predicted octanol–water partition coefficient (Wildman–Crippen LogP) is -0.418. The van der Waals surface area contributed by atoms with Gasteiger partial charge in [-0.05, 0) is 21.8 Å². The van der Waals surface area contributed by atoms with Gasteiger partial charge >= 0.3 is 11.0 Å². The molecule has 20 heteroatoms. The zero-order valence-corrected chi connectivity index (χ0v) is 20.4. The Balaban J connectivity index is -0.000000163. The first-order valence-corrected chi connectivity index (χ1v) is 14.7. The van der Waals surface area contributed by atoms with E-state index in [0.717, 1.165) is 11.5 Å². The van der Waals surface area contributed by atoms with Crippen LogP contribution in [-0.4, -0.2) is 85.3 Å². The summed E-state index contributed by atoms with van der Waals surface area (Å²) in [4.78, 5) is 20.3. The van der Waals surface area contributed by atoms with Crippen LogP contribution in [0.3, 0.4) is 0 Å². The van der Waals surface area contributed by atoms with E-state index in [4.69, 9.17) is 37.4 Å². The van der Waals surface area contributed by atoms with E-state index in [2.05, 4.69) is 25.0 Å². The van der Waals surface area contributed by atoms with Crippen LogP contribution in [0, 0.1) is 0 Å². The van der Waals surface area contributed by atoms with Gasteiger partial charge in [0.15, 0.2) is 20.2 Å². The molecule has 0 aromatic heterocycles. The standard InChI is InChI=1S/2C5H11NOS.2CHF3O3S/c2*1-8(2)4-3-5(6)7;2*2-1(3,4)8(5,6)7/h2*3-4H2,1-2H3,(H-,6,7);2*(H,5,6,7). The summed E-state index contributed by atoms with van der Waals surface area (Å²) < 4.78 is 118. The van der Waals surface area contributed by atoms with Crippen LogP contribution >= 0.6 is 0 Å². The Hall–Kier alpha value is -0.960. The molecule has 2 amide bonds. The molecule has 0 rings (SSSR count). The first kappa shape index (κ1) is 38.3. The first-order chi connectivity index (χ1) is 13.8. The minimum absolute atomic E-state index is 0.189. The number of hydrogen-bond donors (Lipinski definition) is 2. The molecule has 0 aliphatic carbocycles. The predicted molar refractivity (Wildman–Crippen MR) is 107 cm³/mol. The first-order valence-electron chi connectivity index (χ1n) is 7.45. The fraction of sp³-hybridized carbons (Fsp3) is 0.833. The molecule has 0 spiro atoms. The summed E-state index contributed by atoms with van der Waals surface area (Å²) >= 11 is 0. The fourth-order valence-electron chi connectivity index (χ4n) is 0.609. The van der Waals surface area contributed by atoms with Crippen molar-refractivity contribution >= 4 is 53.8 Å². The van der Waals surface area contributed by atoms with Gasteiger partial charge in [0.25, 0.3) is 0 Å². The number of amides is 2. The average molecular weight is 567 g/mol. The summed E-state index contributed by atoms with van der Waals surface area (Å²) in [5.41, 5.74) is -1.48. The maximum atomic E-state index is 10.7. The lowest BCUT2D eigenvalue weighted by molar-refractivity contribution is -0.118. The van der Waals surface area contributed by atoms with Gasteiger partial charge in [-0.2, -0.15) is 26.3 Å². The van der Waals surface area contributed by atoms with Gasteiger partial charge in [0.1, 0.15) is 11.5 Å². The third-order valence-electron chi connectivity index (χ3n) is 2.08. The van der Waals surface area contributed by atoms with Crippen LogP contribution in [0.4, 0.5) is 26.3 Å². The zero-order valence-electron chi connectivity index (χ0n) is 17.1. The Morgan fingerprint density at radius 1 is 0.688 bits per heavy atom. The van der Waals surface area contributed by atoms with Gasteiger partial charge in [0.05, 0.1) is 37.9 Å². The second kappa shape index (κ2) is 16.6. The van der Waals surface area contributed by atoms with Crippen molar-refractivity contribution in [1.29, 1.82) is 0 Å². The van der Waals surface area contributed by atoms with Gasteiger partial charge in [-0.1, -0.05) is 0 Å². The molecule has 0 radical (unpaired) electrons. The van der Waals surface area contributed by atoms with E-state index in [1.807, 2.05) is 0 Å². The third kappa shape index (κ3) is 31.2. The molecule has 0 atom stereocenters. The van der Waals surface area contributed by atoms with Gasteiger partial charge < -0.3 is 20.6 Å². The van der Waals surface area contributed by atoms with Crippen molar-refractivity contribution in [3.05, 3.63) is 0 Å². The second-order valence-corrected chi connectivity index (χ2v) is 13.1. The number of alkyl halides is 6. The Morgan fingerprint density at radius 3 is 0.875 bits per heavy atom. The monoisotopic (exact) mass is 566 g/mol. The van der Waals surface area contributed by atoms with Crippen molar-refractivity contribution in [2.45, 2.75) is 23.9 Å². The Kier molecular flexibility index (Phi) is 19.9. The lowest BCUT2D eigenvalue weighted by Crippen LogP contribution is -2.21. The summed E-state index contributed by atoms with van der Waals surface area (Å²) in [7, 11) is -11.5. The zero-order chi connectivity index (χ0) is 27.1. The number of hydrogen-bond acceptors (Lipinski definition) is 8. The van der Waals surface area contributed by atoms with E-state index in [9.17, 15) is 35.9 Å². The summed E-state index contributed by atoms with van der Waals surface area (Å²) in [6.45, 7) is 0. The highest BCUT2D eigenvalue weighted by Gasteiger charge is 2.37. The molecule has 4 N–H and O–H groups in total. The van der Waals surface area contributed by atoms with E-state index >= 15 is 0 Å². The summed E-state index contributed by atoms with van der Waals surface area (Å²) in [6, 6.07) is 0. The molecule has 0 unspecified atom stereocenters. The summed E-state index contributed by atoms with van der Waals surface area (Å²) in [6.07, 6.45) is 9.48. The molecule has 0 bridgehead atoms. The van der Waals surface area contributed by atoms with Gasteiger partial charge in [0, 0.05) is 0 Å². The van der Waals surface area contributed by atoms with Crippen molar-refractivity contribution in [2.75, 3.05) is 36.5 Å². The Labute approximate surface area is 187 Å². The number of primary amides is 2. The summed E-state index contributed by atoms with van der Waals surface area (Å²) in [5, 5.41) is 0. The van der Waals surface area contributed by atoms with E-state index in [0.29, 0.717) is 34.6 Å². The minimum Gasteiger partial charge on any atom is -0.741 e. The third-order valence-corrected chi connectivity index (χ3v) is 5.26. The molecule has 0 heterocycles. The molecule has 32 heavy (non-hydrogen) atoms. The average Bonchev–Trinajstić information content (AvgIpc) is 2.49. The highest BCUT2D eigenvalue weighted by Crippen LogP contribution is 2.21. The largest absolute Gasteiger partial charge is 0.741 e. The molecule has 0 fully saturated rings. The van der Waals surface area contributed by atoms with Crippen molar-refractivity contribution < 1.29 is 61.9 Å². The minimum atomic E-state index is -6.09.